The van der Waals surface area contributed by atoms with Crippen LogP contribution in [0.2, 0.25) is 0 Å². The lowest BCUT2D eigenvalue weighted by atomic mass is 9.94. The SMILES string of the molecule is NC1=C2CC(I)=NN(C3CCCCC3)C2=NC=NC1. The summed E-state index contributed by atoms with van der Waals surface area (Å²) in [6, 6.07) is 0.465. The van der Waals surface area contributed by atoms with Crippen molar-refractivity contribution in [2.45, 2.75) is 44.6 Å². The molecule has 2 heterocycles. The van der Waals surface area contributed by atoms with Crippen molar-refractivity contribution < 1.29 is 0 Å². The van der Waals surface area contributed by atoms with Crippen molar-refractivity contribution in [3.8, 4) is 0 Å². The Hall–Kier alpha value is -0.920. The predicted octanol–water partition coefficient (Wildman–Crippen LogP) is 2.43. The van der Waals surface area contributed by atoms with E-state index in [4.69, 9.17) is 10.8 Å². The number of hydrogen-bond donors (Lipinski definition) is 1. The summed E-state index contributed by atoms with van der Waals surface area (Å²) in [5.74, 6) is 0.922. The minimum atomic E-state index is 0.465. The van der Waals surface area contributed by atoms with Crippen LogP contribution in [0.25, 0.3) is 0 Å². The average Bonchev–Trinajstić information content (AvgIpc) is 2.62. The van der Waals surface area contributed by atoms with E-state index in [1.165, 1.54) is 32.1 Å². The number of hydrazone groups is 1. The standard InChI is InChI=1S/C13H18IN5/c14-12-6-10-11(15)7-16-8-17-13(10)19(18-12)9-4-2-1-3-5-9/h8-9H,1-7,15H2. The fourth-order valence-electron chi connectivity index (χ4n) is 2.87. The summed E-state index contributed by atoms with van der Waals surface area (Å²) in [6.45, 7) is 0.546. The maximum atomic E-state index is 6.14. The van der Waals surface area contributed by atoms with Gasteiger partial charge in [0.2, 0.25) is 0 Å². The fourth-order valence-corrected chi connectivity index (χ4v) is 3.48. The van der Waals surface area contributed by atoms with E-state index in [-0.39, 0.29) is 0 Å². The molecule has 0 aromatic carbocycles. The molecule has 0 bridgehead atoms. The highest BCUT2D eigenvalue weighted by Gasteiger charge is 2.31. The number of nitrogens with zero attached hydrogens (tertiary/aromatic N) is 4. The van der Waals surface area contributed by atoms with Gasteiger partial charge in [-0.25, -0.2) is 10.0 Å². The Bertz CT molecular complexity index is 485. The molecule has 0 radical (unpaired) electrons. The molecule has 0 aromatic heterocycles. The molecular formula is C13H18IN5. The smallest absolute Gasteiger partial charge is 0.156 e. The van der Waals surface area contributed by atoms with Gasteiger partial charge in [-0.1, -0.05) is 19.3 Å². The van der Waals surface area contributed by atoms with E-state index in [1.54, 1.807) is 6.34 Å². The van der Waals surface area contributed by atoms with Gasteiger partial charge in [0.1, 0.15) is 10.1 Å². The molecule has 2 N–H and O–H groups in total. The van der Waals surface area contributed by atoms with Crippen LogP contribution in [0, 0.1) is 0 Å². The minimum absolute atomic E-state index is 0.465. The number of halogens is 1. The Labute approximate surface area is 126 Å². The van der Waals surface area contributed by atoms with E-state index in [9.17, 15) is 0 Å². The Balaban J connectivity index is 1.97. The van der Waals surface area contributed by atoms with E-state index < -0.39 is 0 Å². The summed E-state index contributed by atoms with van der Waals surface area (Å²) in [5, 5.41) is 6.82. The van der Waals surface area contributed by atoms with Crippen molar-refractivity contribution >= 4 is 38.5 Å². The van der Waals surface area contributed by atoms with Crippen LogP contribution in [-0.2, 0) is 0 Å². The monoisotopic (exact) mass is 371 g/mol. The van der Waals surface area contributed by atoms with Crippen LogP contribution in [0.15, 0.2) is 26.4 Å². The lowest BCUT2D eigenvalue weighted by molar-refractivity contribution is 0.250. The topological polar surface area (TPSA) is 66.3 Å². The molecule has 0 aromatic rings. The number of rotatable bonds is 1. The summed E-state index contributed by atoms with van der Waals surface area (Å²) in [6.07, 6.45) is 8.69. The number of aliphatic imine (C=N–C) groups is 2. The first-order chi connectivity index (χ1) is 9.25. The van der Waals surface area contributed by atoms with Gasteiger partial charge in [0.25, 0.3) is 0 Å². The first kappa shape index (κ1) is 13.1. The lowest BCUT2D eigenvalue weighted by Gasteiger charge is -2.36. The molecule has 0 spiro atoms. The predicted molar refractivity (Wildman–Crippen MR) is 86.8 cm³/mol. The molecule has 19 heavy (non-hydrogen) atoms. The van der Waals surface area contributed by atoms with Gasteiger partial charge in [-0.15, -0.1) is 0 Å². The summed E-state index contributed by atoms with van der Waals surface area (Å²) >= 11 is 2.30. The molecule has 0 unspecified atom stereocenters. The average molecular weight is 371 g/mol. The molecule has 5 nitrogen and oxygen atoms in total. The quantitative estimate of drug-likeness (QED) is 0.720. The van der Waals surface area contributed by atoms with Crippen molar-refractivity contribution in [1.29, 1.82) is 0 Å². The van der Waals surface area contributed by atoms with E-state index in [2.05, 4.69) is 37.6 Å². The number of hydrogen-bond acceptors (Lipinski definition) is 5. The van der Waals surface area contributed by atoms with Gasteiger partial charge in [0.05, 0.1) is 12.6 Å². The maximum absolute atomic E-state index is 6.14. The molecule has 1 fully saturated rings. The molecular weight excluding hydrogens is 353 g/mol. The van der Waals surface area contributed by atoms with Crippen molar-refractivity contribution in [3.63, 3.8) is 0 Å². The molecule has 0 atom stereocenters. The zero-order chi connectivity index (χ0) is 13.2. The third-order valence-electron chi connectivity index (χ3n) is 3.86. The van der Waals surface area contributed by atoms with Crippen molar-refractivity contribution in [2.75, 3.05) is 6.54 Å². The lowest BCUT2D eigenvalue weighted by Crippen LogP contribution is -2.42. The van der Waals surface area contributed by atoms with Crippen LogP contribution in [-0.4, -0.2) is 33.5 Å². The second kappa shape index (κ2) is 5.60. The summed E-state index contributed by atoms with van der Waals surface area (Å²) in [4.78, 5) is 8.69. The van der Waals surface area contributed by atoms with Crippen LogP contribution in [0.5, 0.6) is 0 Å². The van der Waals surface area contributed by atoms with E-state index >= 15 is 0 Å². The first-order valence-corrected chi connectivity index (χ1v) is 7.90. The largest absolute Gasteiger partial charge is 0.400 e. The number of fused-ring (bicyclic) bond motifs is 1. The van der Waals surface area contributed by atoms with Gasteiger partial charge in [-0.2, -0.15) is 5.10 Å². The van der Waals surface area contributed by atoms with Crippen LogP contribution in [0.3, 0.4) is 0 Å². The number of nitrogens with two attached hydrogens (primary N) is 1. The van der Waals surface area contributed by atoms with Crippen LogP contribution < -0.4 is 5.73 Å². The zero-order valence-corrected chi connectivity index (χ0v) is 13.0. The van der Waals surface area contributed by atoms with Crippen LogP contribution in [0.1, 0.15) is 38.5 Å². The Kier molecular flexibility index (Phi) is 3.86. The van der Waals surface area contributed by atoms with Gasteiger partial charge in [-0.05, 0) is 35.4 Å². The van der Waals surface area contributed by atoms with Gasteiger partial charge >= 0.3 is 0 Å². The minimum Gasteiger partial charge on any atom is -0.400 e. The summed E-state index contributed by atoms with van der Waals surface area (Å²) < 4.78 is 1.09. The van der Waals surface area contributed by atoms with Gasteiger partial charge in [0.15, 0.2) is 5.84 Å². The highest BCUT2D eigenvalue weighted by atomic mass is 127. The molecule has 3 aliphatic rings. The Morgan fingerprint density at radius 1 is 1.26 bits per heavy atom. The molecule has 0 saturated heterocycles. The molecule has 102 valence electrons. The van der Waals surface area contributed by atoms with Gasteiger partial charge in [-0.3, -0.25) is 4.99 Å². The molecule has 3 rings (SSSR count). The van der Waals surface area contributed by atoms with Gasteiger partial charge < -0.3 is 5.73 Å². The van der Waals surface area contributed by atoms with Gasteiger partial charge in [0, 0.05) is 17.7 Å². The number of amidine groups is 1. The normalized spacial score (nSPS) is 24.8. The maximum Gasteiger partial charge on any atom is 0.156 e. The molecule has 6 heteroatoms. The zero-order valence-electron chi connectivity index (χ0n) is 10.8. The van der Waals surface area contributed by atoms with Crippen molar-refractivity contribution in [2.24, 2.45) is 20.8 Å². The Morgan fingerprint density at radius 3 is 2.84 bits per heavy atom. The van der Waals surface area contributed by atoms with E-state index in [0.717, 1.165) is 27.2 Å². The van der Waals surface area contributed by atoms with Crippen LogP contribution in [0.4, 0.5) is 0 Å². The first-order valence-electron chi connectivity index (χ1n) is 6.82. The molecule has 0 amide bonds. The van der Waals surface area contributed by atoms with Crippen molar-refractivity contribution in [1.82, 2.24) is 5.01 Å². The highest BCUT2D eigenvalue weighted by Crippen LogP contribution is 2.30. The van der Waals surface area contributed by atoms with E-state index in [0.29, 0.717) is 12.6 Å². The van der Waals surface area contributed by atoms with Crippen LogP contribution >= 0.6 is 22.6 Å². The molecule has 1 aliphatic carbocycles. The summed E-state index contributed by atoms with van der Waals surface area (Å²) in [7, 11) is 0. The second-order valence-electron chi connectivity index (χ2n) is 5.20. The third kappa shape index (κ3) is 2.68. The molecule has 1 saturated carbocycles. The Morgan fingerprint density at radius 2 is 2.05 bits per heavy atom. The third-order valence-corrected chi connectivity index (χ3v) is 4.45. The fraction of sp³-hybridized carbons (Fsp3) is 0.615. The van der Waals surface area contributed by atoms with Crippen molar-refractivity contribution in [3.05, 3.63) is 11.3 Å². The molecule has 2 aliphatic heterocycles. The van der Waals surface area contributed by atoms with E-state index in [1.807, 2.05) is 0 Å². The highest BCUT2D eigenvalue weighted by molar-refractivity contribution is 14.1. The second-order valence-corrected chi connectivity index (χ2v) is 6.45. The summed E-state index contributed by atoms with van der Waals surface area (Å²) in [5.41, 5.74) is 8.09.